The summed E-state index contributed by atoms with van der Waals surface area (Å²) in [6.45, 7) is 0.926. The van der Waals surface area contributed by atoms with Gasteiger partial charge in [0.25, 0.3) is 0 Å². The molecule has 1 aliphatic carbocycles. The van der Waals surface area contributed by atoms with Gasteiger partial charge in [-0.3, -0.25) is 0 Å². The first-order valence-electron chi connectivity index (χ1n) is 5.98. The van der Waals surface area contributed by atoms with Gasteiger partial charge in [-0.1, -0.05) is 11.6 Å². The van der Waals surface area contributed by atoms with Crippen LogP contribution in [0.2, 0.25) is 5.02 Å². The maximum atomic E-state index is 13.6. The molecule has 2 rings (SSSR count). The van der Waals surface area contributed by atoms with E-state index in [-0.39, 0.29) is 23.3 Å². The van der Waals surface area contributed by atoms with Gasteiger partial charge in [0.05, 0.1) is 18.6 Å². The van der Waals surface area contributed by atoms with Gasteiger partial charge in [0.15, 0.2) is 11.6 Å². The fourth-order valence-electron chi connectivity index (χ4n) is 1.86. The number of methoxy groups -OCH3 is 1. The number of rotatable bonds is 6. The van der Waals surface area contributed by atoms with Gasteiger partial charge < -0.3 is 14.2 Å². The Balaban J connectivity index is 1.91. The highest BCUT2D eigenvalue weighted by atomic mass is 35.5. The Labute approximate surface area is 121 Å². The first-order valence-corrected chi connectivity index (χ1v) is 6.79. The van der Waals surface area contributed by atoms with Gasteiger partial charge in [-0.15, -0.1) is 11.6 Å². The molecule has 3 atom stereocenters. The lowest BCUT2D eigenvalue weighted by Gasteiger charge is -2.40. The zero-order valence-corrected chi connectivity index (χ0v) is 12.0. The number of halogens is 3. The molecule has 3 unspecified atom stereocenters. The zero-order valence-electron chi connectivity index (χ0n) is 10.4. The van der Waals surface area contributed by atoms with Crippen LogP contribution in [0, 0.1) is 5.82 Å². The maximum absolute atomic E-state index is 13.6. The normalized spacial score (nSPS) is 26.0. The van der Waals surface area contributed by atoms with E-state index in [0.717, 1.165) is 0 Å². The van der Waals surface area contributed by atoms with Crippen molar-refractivity contribution >= 4 is 23.2 Å². The third kappa shape index (κ3) is 3.72. The summed E-state index contributed by atoms with van der Waals surface area (Å²) in [6.07, 6.45) is 0.142. The molecule has 3 nitrogen and oxygen atoms in total. The zero-order chi connectivity index (χ0) is 13.8. The van der Waals surface area contributed by atoms with Crippen LogP contribution < -0.4 is 4.74 Å². The van der Waals surface area contributed by atoms with Crippen molar-refractivity contribution in [2.45, 2.75) is 24.0 Å². The number of alkyl halides is 1. The topological polar surface area (TPSA) is 27.7 Å². The molecular formula is C13H15Cl2FO3. The summed E-state index contributed by atoms with van der Waals surface area (Å²) in [6, 6.07) is 4.30. The van der Waals surface area contributed by atoms with Crippen molar-refractivity contribution in [1.29, 1.82) is 0 Å². The largest absolute Gasteiger partial charge is 0.485 e. The molecule has 1 aliphatic rings. The van der Waals surface area contributed by atoms with E-state index in [0.29, 0.717) is 24.7 Å². The van der Waals surface area contributed by atoms with Crippen LogP contribution in [-0.4, -0.2) is 37.9 Å². The van der Waals surface area contributed by atoms with E-state index < -0.39 is 5.82 Å². The minimum Gasteiger partial charge on any atom is -0.485 e. The summed E-state index contributed by atoms with van der Waals surface area (Å²) in [7, 11) is 1.60. The van der Waals surface area contributed by atoms with Gasteiger partial charge in [-0.25, -0.2) is 4.39 Å². The van der Waals surface area contributed by atoms with Crippen LogP contribution in [0.4, 0.5) is 4.39 Å². The Hall–Kier alpha value is -0.550. The first kappa shape index (κ1) is 14.9. The standard InChI is InChI=1S/C13H15Cl2FO3/c1-17-4-5-18-13-9(15)7-12(13)19-11-3-2-8(14)6-10(11)16/h2-3,6,9,12-13H,4-5,7H2,1H3. The van der Waals surface area contributed by atoms with Gasteiger partial charge in [0.2, 0.25) is 0 Å². The predicted octanol–water partition coefficient (Wildman–Crippen LogP) is 3.27. The van der Waals surface area contributed by atoms with Gasteiger partial charge in [0.1, 0.15) is 12.2 Å². The minimum absolute atomic E-state index is 0.114. The van der Waals surface area contributed by atoms with E-state index in [1.54, 1.807) is 13.2 Å². The van der Waals surface area contributed by atoms with E-state index in [1.807, 2.05) is 0 Å². The Morgan fingerprint density at radius 1 is 1.37 bits per heavy atom. The Kier molecular flexibility index (Phi) is 5.28. The molecular weight excluding hydrogens is 294 g/mol. The number of ether oxygens (including phenoxy) is 3. The Morgan fingerprint density at radius 3 is 2.79 bits per heavy atom. The summed E-state index contributed by atoms with van der Waals surface area (Å²) in [5.41, 5.74) is 0. The van der Waals surface area contributed by atoms with Gasteiger partial charge in [-0.2, -0.15) is 0 Å². The van der Waals surface area contributed by atoms with Crippen LogP contribution in [-0.2, 0) is 9.47 Å². The number of hydrogen-bond acceptors (Lipinski definition) is 3. The summed E-state index contributed by atoms with van der Waals surface area (Å²) < 4.78 is 29.6. The SMILES string of the molecule is COCCOC1C(Cl)CC1Oc1ccc(Cl)cc1F. The molecule has 1 aromatic rings. The van der Waals surface area contributed by atoms with E-state index in [4.69, 9.17) is 37.4 Å². The molecule has 1 saturated carbocycles. The third-order valence-electron chi connectivity index (χ3n) is 2.95. The third-order valence-corrected chi connectivity index (χ3v) is 3.61. The van der Waals surface area contributed by atoms with Crippen LogP contribution in [0.3, 0.4) is 0 Å². The van der Waals surface area contributed by atoms with E-state index >= 15 is 0 Å². The molecule has 106 valence electrons. The Morgan fingerprint density at radius 2 is 2.16 bits per heavy atom. The van der Waals surface area contributed by atoms with Crippen molar-refractivity contribution in [3.63, 3.8) is 0 Å². The molecule has 0 amide bonds. The summed E-state index contributed by atoms with van der Waals surface area (Å²) in [4.78, 5) is 0. The van der Waals surface area contributed by atoms with Crippen LogP contribution in [0.1, 0.15) is 6.42 Å². The average molecular weight is 309 g/mol. The van der Waals surface area contributed by atoms with E-state index in [2.05, 4.69) is 0 Å². The second-order valence-electron chi connectivity index (χ2n) is 4.31. The highest BCUT2D eigenvalue weighted by Gasteiger charge is 2.43. The molecule has 0 aliphatic heterocycles. The summed E-state index contributed by atoms with van der Waals surface area (Å²) in [5, 5.41) is 0.221. The second kappa shape index (κ2) is 6.75. The lowest BCUT2D eigenvalue weighted by molar-refractivity contribution is -0.0907. The highest BCUT2D eigenvalue weighted by molar-refractivity contribution is 6.30. The van der Waals surface area contributed by atoms with Crippen LogP contribution in [0.25, 0.3) is 0 Å². The summed E-state index contributed by atoms with van der Waals surface area (Å²) >= 11 is 11.7. The fourth-order valence-corrected chi connectivity index (χ4v) is 2.42. The Bertz CT molecular complexity index is 430. The van der Waals surface area contributed by atoms with Gasteiger partial charge >= 0.3 is 0 Å². The molecule has 0 saturated heterocycles. The van der Waals surface area contributed by atoms with Crippen molar-refractivity contribution in [3.8, 4) is 5.75 Å². The quantitative estimate of drug-likeness (QED) is 0.596. The highest BCUT2D eigenvalue weighted by Crippen LogP contribution is 2.34. The lowest BCUT2D eigenvalue weighted by atomic mass is 9.91. The van der Waals surface area contributed by atoms with Crippen molar-refractivity contribution in [3.05, 3.63) is 29.0 Å². The predicted molar refractivity (Wildman–Crippen MR) is 71.7 cm³/mol. The van der Waals surface area contributed by atoms with Crippen molar-refractivity contribution in [2.24, 2.45) is 0 Å². The van der Waals surface area contributed by atoms with Gasteiger partial charge in [0, 0.05) is 18.6 Å². The molecule has 6 heteroatoms. The fraction of sp³-hybridized carbons (Fsp3) is 0.538. The summed E-state index contributed by atoms with van der Waals surface area (Å²) in [5.74, 6) is -0.320. The number of hydrogen-bond donors (Lipinski definition) is 0. The second-order valence-corrected chi connectivity index (χ2v) is 5.31. The minimum atomic E-state index is -0.485. The smallest absolute Gasteiger partial charge is 0.166 e. The molecule has 1 aromatic carbocycles. The molecule has 0 aromatic heterocycles. The average Bonchev–Trinajstić information content (AvgIpc) is 2.37. The van der Waals surface area contributed by atoms with E-state index in [1.165, 1.54) is 12.1 Å². The van der Waals surface area contributed by atoms with Crippen molar-refractivity contribution in [1.82, 2.24) is 0 Å². The molecule has 0 N–H and O–H groups in total. The molecule has 0 bridgehead atoms. The monoisotopic (exact) mass is 308 g/mol. The maximum Gasteiger partial charge on any atom is 0.166 e. The van der Waals surface area contributed by atoms with Crippen LogP contribution in [0.15, 0.2) is 18.2 Å². The lowest BCUT2D eigenvalue weighted by Crippen LogP contribution is -2.53. The molecule has 1 fully saturated rings. The van der Waals surface area contributed by atoms with Crippen molar-refractivity contribution < 1.29 is 18.6 Å². The van der Waals surface area contributed by atoms with Crippen LogP contribution >= 0.6 is 23.2 Å². The van der Waals surface area contributed by atoms with Gasteiger partial charge in [-0.05, 0) is 18.2 Å². The molecule has 0 heterocycles. The molecule has 19 heavy (non-hydrogen) atoms. The van der Waals surface area contributed by atoms with E-state index in [9.17, 15) is 4.39 Å². The number of benzene rings is 1. The molecule has 0 radical (unpaired) electrons. The van der Waals surface area contributed by atoms with Crippen molar-refractivity contribution in [2.75, 3.05) is 20.3 Å². The van der Waals surface area contributed by atoms with Crippen LogP contribution in [0.5, 0.6) is 5.75 Å². The molecule has 0 spiro atoms. The first-order chi connectivity index (χ1) is 9.11.